The summed E-state index contributed by atoms with van der Waals surface area (Å²) >= 11 is 1.08. The highest BCUT2D eigenvalue weighted by atomic mass is 32.1. The van der Waals surface area contributed by atoms with Gasteiger partial charge in [0.15, 0.2) is 0 Å². The quantitative estimate of drug-likeness (QED) is 0.788. The minimum atomic E-state index is -0.234. The number of aromatic nitrogens is 4. The number of nitrogens with zero attached hydrogens (tertiary/aromatic N) is 4. The molecule has 8 heteroatoms. The first kappa shape index (κ1) is 13.5. The van der Waals surface area contributed by atoms with Crippen LogP contribution in [-0.2, 0) is 6.54 Å². The Hall–Kier alpha value is -1.96. The van der Waals surface area contributed by atoms with E-state index >= 15 is 0 Å². The van der Waals surface area contributed by atoms with Gasteiger partial charge in [0.25, 0.3) is 5.91 Å². The van der Waals surface area contributed by atoms with E-state index in [1.165, 1.54) is 0 Å². The summed E-state index contributed by atoms with van der Waals surface area (Å²) < 4.78 is 1.93. The zero-order chi connectivity index (χ0) is 13.8. The van der Waals surface area contributed by atoms with E-state index < -0.39 is 0 Å². The maximum atomic E-state index is 11.7. The van der Waals surface area contributed by atoms with E-state index in [-0.39, 0.29) is 5.91 Å². The number of rotatable bonds is 5. The van der Waals surface area contributed by atoms with Crippen molar-refractivity contribution in [2.24, 2.45) is 0 Å². The van der Waals surface area contributed by atoms with Gasteiger partial charge < -0.3 is 11.1 Å². The molecule has 2 aromatic rings. The molecule has 0 unspecified atom stereocenters. The molecule has 2 aromatic heterocycles. The predicted octanol–water partition coefficient (Wildman–Crippen LogP) is 0.754. The van der Waals surface area contributed by atoms with Crippen LogP contribution >= 0.6 is 11.3 Å². The first-order chi connectivity index (χ1) is 9.06. The first-order valence-electron chi connectivity index (χ1n) is 5.94. The molecule has 19 heavy (non-hydrogen) atoms. The van der Waals surface area contributed by atoms with Crippen LogP contribution in [0.3, 0.4) is 0 Å². The number of carbonyl (C=O) groups is 1. The second-order valence-corrected chi connectivity index (χ2v) is 5.21. The average molecular weight is 280 g/mol. The minimum absolute atomic E-state index is 0.234. The molecular weight excluding hydrogens is 264 g/mol. The van der Waals surface area contributed by atoms with Gasteiger partial charge in [-0.1, -0.05) is 11.3 Å². The number of carbonyl (C=O) groups excluding carboxylic acids is 1. The second-order valence-electron chi connectivity index (χ2n) is 4.21. The molecule has 102 valence electrons. The first-order valence-corrected chi connectivity index (χ1v) is 6.76. The molecule has 0 fully saturated rings. The maximum absolute atomic E-state index is 11.7. The van der Waals surface area contributed by atoms with Gasteiger partial charge in [0.1, 0.15) is 0 Å². The third kappa shape index (κ3) is 3.50. The summed E-state index contributed by atoms with van der Waals surface area (Å²) in [6.45, 7) is 5.32. The molecule has 0 aromatic carbocycles. The number of aryl methyl sites for hydroxylation is 3. The highest BCUT2D eigenvalue weighted by molar-refractivity contribution is 7.16. The van der Waals surface area contributed by atoms with E-state index in [4.69, 9.17) is 5.73 Å². The standard InChI is InChI=1S/C11H16N6OS/c1-7-6-8(2)17(16-7)5-3-4-13-9(18)10-14-15-11(12)19-10/h6H,3-5H2,1-2H3,(H2,12,15)(H,13,18). The molecule has 0 aliphatic carbocycles. The summed E-state index contributed by atoms with van der Waals surface area (Å²) in [5, 5.41) is 15.0. The summed E-state index contributed by atoms with van der Waals surface area (Å²) in [5.74, 6) is -0.234. The fourth-order valence-corrected chi connectivity index (χ4v) is 2.26. The van der Waals surface area contributed by atoms with Crippen molar-refractivity contribution in [2.75, 3.05) is 12.3 Å². The highest BCUT2D eigenvalue weighted by Gasteiger charge is 2.10. The Balaban J connectivity index is 1.75. The largest absolute Gasteiger partial charge is 0.374 e. The molecule has 0 radical (unpaired) electrons. The van der Waals surface area contributed by atoms with Crippen molar-refractivity contribution >= 4 is 22.4 Å². The van der Waals surface area contributed by atoms with Crippen molar-refractivity contribution in [3.8, 4) is 0 Å². The number of nitrogens with one attached hydrogen (secondary N) is 1. The average Bonchev–Trinajstić information content (AvgIpc) is 2.91. The van der Waals surface area contributed by atoms with Crippen LogP contribution in [0.5, 0.6) is 0 Å². The van der Waals surface area contributed by atoms with Gasteiger partial charge in [-0.25, -0.2) is 0 Å². The van der Waals surface area contributed by atoms with Crippen molar-refractivity contribution in [1.29, 1.82) is 0 Å². The molecule has 0 spiro atoms. The van der Waals surface area contributed by atoms with Crippen LogP contribution in [0.2, 0.25) is 0 Å². The van der Waals surface area contributed by atoms with Crippen LogP contribution < -0.4 is 11.1 Å². The summed E-state index contributed by atoms with van der Waals surface area (Å²) in [4.78, 5) is 11.7. The third-order valence-corrected chi connectivity index (χ3v) is 3.32. The van der Waals surface area contributed by atoms with Crippen LogP contribution in [0.4, 0.5) is 5.13 Å². The fraction of sp³-hybridized carbons (Fsp3) is 0.455. The Morgan fingerprint density at radius 2 is 2.26 bits per heavy atom. The Morgan fingerprint density at radius 1 is 1.47 bits per heavy atom. The third-order valence-electron chi connectivity index (χ3n) is 2.57. The Kier molecular flexibility index (Phi) is 4.10. The number of hydrogen-bond donors (Lipinski definition) is 2. The molecule has 0 bridgehead atoms. The molecule has 0 atom stereocenters. The van der Waals surface area contributed by atoms with E-state index in [0.717, 1.165) is 35.7 Å². The van der Waals surface area contributed by atoms with Crippen LogP contribution in [0.25, 0.3) is 0 Å². The van der Waals surface area contributed by atoms with E-state index in [2.05, 4.69) is 20.6 Å². The Morgan fingerprint density at radius 3 is 2.84 bits per heavy atom. The van der Waals surface area contributed by atoms with Crippen LogP contribution in [0.1, 0.15) is 27.6 Å². The molecule has 7 nitrogen and oxygen atoms in total. The lowest BCUT2D eigenvalue weighted by Crippen LogP contribution is -2.25. The number of amides is 1. The highest BCUT2D eigenvalue weighted by Crippen LogP contribution is 2.10. The van der Waals surface area contributed by atoms with E-state index in [1.807, 2.05) is 24.6 Å². The number of hydrogen-bond acceptors (Lipinski definition) is 6. The van der Waals surface area contributed by atoms with Crippen molar-refractivity contribution in [3.63, 3.8) is 0 Å². The molecule has 2 rings (SSSR count). The van der Waals surface area contributed by atoms with Crippen molar-refractivity contribution in [3.05, 3.63) is 22.5 Å². The predicted molar refractivity (Wildman–Crippen MR) is 73.0 cm³/mol. The van der Waals surface area contributed by atoms with E-state index in [9.17, 15) is 4.79 Å². The van der Waals surface area contributed by atoms with Gasteiger partial charge >= 0.3 is 0 Å². The lowest BCUT2D eigenvalue weighted by atomic mass is 10.4. The normalized spacial score (nSPS) is 10.6. The second kappa shape index (κ2) is 5.79. The number of anilines is 1. The molecule has 0 saturated carbocycles. The van der Waals surface area contributed by atoms with Crippen LogP contribution in [0, 0.1) is 13.8 Å². The fourth-order valence-electron chi connectivity index (χ4n) is 1.73. The Bertz CT molecular complexity index is 576. The van der Waals surface area contributed by atoms with Crippen LogP contribution in [-0.4, -0.2) is 32.4 Å². The molecule has 0 aliphatic rings. The van der Waals surface area contributed by atoms with Gasteiger partial charge in [0.05, 0.1) is 5.69 Å². The van der Waals surface area contributed by atoms with Gasteiger partial charge in [0.2, 0.25) is 10.1 Å². The van der Waals surface area contributed by atoms with Gasteiger partial charge in [-0.15, -0.1) is 10.2 Å². The van der Waals surface area contributed by atoms with E-state index in [1.54, 1.807) is 0 Å². The smallest absolute Gasteiger partial charge is 0.282 e. The van der Waals surface area contributed by atoms with E-state index in [0.29, 0.717) is 16.7 Å². The lowest BCUT2D eigenvalue weighted by molar-refractivity contribution is 0.0951. The van der Waals surface area contributed by atoms with Gasteiger partial charge in [-0.05, 0) is 26.3 Å². The summed E-state index contributed by atoms with van der Waals surface area (Å²) in [6.07, 6.45) is 0.808. The molecule has 0 saturated heterocycles. The molecule has 0 aliphatic heterocycles. The van der Waals surface area contributed by atoms with Gasteiger partial charge in [-0.3, -0.25) is 9.48 Å². The van der Waals surface area contributed by atoms with Gasteiger partial charge in [0, 0.05) is 18.8 Å². The van der Waals surface area contributed by atoms with Crippen LogP contribution in [0.15, 0.2) is 6.07 Å². The molecule has 1 amide bonds. The topological polar surface area (TPSA) is 98.7 Å². The monoisotopic (exact) mass is 280 g/mol. The summed E-state index contributed by atoms with van der Waals surface area (Å²) in [6, 6.07) is 2.03. The lowest BCUT2D eigenvalue weighted by Gasteiger charge is -2.05. The minimum Gasteiger partial charge on any atom is -0.374 e. The van der Waals surface area contributed by atoms with Crippen molar-refractivity contribution in [2.45, 2.75) is 26.8 Å². The summed E-state index contributed by atoms with van der Waals surface area (Å²) in [7, 11) is 0. The number of nitrogen functional groups attached to an aromatic ring is 1. The van der Waals surface area contributed by atoms with Crippen molar-refractivity contribution in [1.82, 2.24) is 25.3 Å². The molecular formula is C11H16N6OS. The summed E-state index contributed by atoms with van der Waals surface area (Å²) in [5.41, 5.74) is 7.55. The zero-order valence-corrected chi connectivity index (χ0v) is 11.7. The molecule has 2 heterocycles. The van der Waals surface area contributed by atoms with Gasteiger partial charge in [-0.2, -0.15) is 5.10 Å². The SMILES string of the molecule is Cc1cc(C)n(CCCNC(=O)c2nnc(N)s2)n1. The molecule has 3 N–H and O–H groups in total. The maximum Gasteiger partial charge on any atom is 0.282 e. The van der Waals surface area contributed by atoms with Crippen molar-refractivity contribution < 1.29 is 4.79 Å². The number of nitrogens with two attached hydrogens (primary N) is 1. The Labute approximate surface area is 114 Å². The zero-order valence-electron chi connectivity index (χ0n) is 10.9.